The van der Waals surface area contributed by atoms with E-state index in [1.165, 1.54) is 12.8 Å². The fourth-order valence-corrected chi connectivity index (χ4v) is 1.70. The molecule has 0 aromatic heterocycles. The summed E-state index contributed by atoms with van der Waals surface area (Å²) in [6.07, 6.45) is 8.09. The van der Waals surface area contributed by atoms with Crippen molar-refractivity contribution in [3.8, 4) is 0 Å². The molecule has 1 aliphatic rings. The number of hydrogen-bond donors (Lipinski definition) is 1. The molecule has 1 aliphatic carbocycles. The number of esters is 1. The second-order valence-electron chi connectivity index (χ2n) is 3.72. The van der Waals surface area contributed by atoms with Crippen molar-refractivity contribution in [2.45, 2.75) is 44.6 Å². The van der Waals surface area contributed by atoms with Gasteiger partial charge in [-0.3, -0.25) is 0 Å². The summed E-state index contributed by atoms with van der Waals surface area (Å²) in [5.74, 6) is -1.68. The maximum absolute atomic E-state index is 11.2. The van der Waals surface area contributed by atoms with E-state index in [2.05, 4.69) is 0 Å². The molecule has 0 saturated heterocycles. The Hall–Kier alpha value is -1.32. The largest absolute Gasteiger partial charge is 0.478 e. The van der Waals surface area contributed by atoms with Gasteiger partial charge in [-0.1, -0.05) is 12.8 Å². The van der Waals surface area contributed by atoms with E-state index in [9.17, 15) is 9.59 Å². The standard InChI is InChI=1S/C11H16O4/c12-10(13)7-8-11(14)15-9-5-3-1-2-4-6-9/h7-9H,1-6H2,(H,12,13)/b8-7-. The fourth-order valence-electron chi connectivity index (χ4n) is 1.70. The Morgan fingerprint density at radius 3 is 2.20 bits per heavy atom. The summed E-state index contributed by atoms with van der Waals surface area (Å²) in [7, 11) is 0. The first kappa shape index (κ1) is 11.8. The van der Waals surface area contributed by atoms with Gasteiger partial charge in [0.05, 0.1) is 0 Å². The monoisotopic (exact) mass is 212 g/mol. The number of aliphatic carboxylic acids is 1. The van der Waals surface area contributed by atoms with Crippen molar-refractivity contribution < 1.29 is 19.4 Å². The molecule has 0 aromatic carbocycles. The van der Waals surface area contributed by atoms with E-state index < -0.39 is 11.9 Å². The van der Waals surface area contributed by atoms with Crippen LogP contribution < -0.4 is 0 Å². The van der Waals surface area contributed by atoms with Crippen LogP contribution >= 0.6 is 0 Å². The van der Waals surface area contributed by atoms with Crippen molar-refractivity contribution in [2.24, 2.45) is 0 Å². The van der Waals surface area contributed by atoms with Crippen LogP contribution in [0.25, 0.3) is 0 Å². The lowest BCUT2D eigenvalue weighted by Gasteiger charge is -2.13. The van der Waals surface area contributed by atoms with Crippen LogP contribution in [0.5, 0.6) is 0 Å². The highest BCUT2D eigenvalue weighted by molar-refractivity contribution is 5.90. The smallest absolute Gasteiger partial charge is 0.331 e. The van der Waals surface area contributed by atoms with Crippen molar-refractivity contribution in [1.82, 2.24) is 0 Å². The van der Waals surface area contributed by atoms with E-state index in [-0.39, 0.29) is 6.10 Å². The minimum atomic E-state index is -1.13. The van der Waals surface area contributed by atoms with Crippen molar-refractivity contribution in [3.63, 3.8) is 0 Å². The molecule has 1 rings (SSSR count). The normalized spacial score (nSPS) is 18.7. The van der Waals surface area contributed by atoms with E-state index >= 15 is 0 Å². The molecule has 1 saturated carbocycles. The van der Waals surface area contributed by atoms with Gasteiger partial charge in [0.15, 0.2) is 0 Å². The zero-order valence-corrected chi connectivity index (χ0v) is 8.65. The Morgan fingerprint density at radius 2 is 1.67 bits per heavy atom. The van der Waals surface area contributed by atoms with Gasteiger partial charge in [0.2, 0.25) is 0 Å². The third-order valence-corrected chi connectivity index (χ3v) is 2.45. The SMILES string of the molecule is O=C(O)/C=C\C(=O)OC1CCCCCC1. The third-order valence-electron chi connectivity index (χ3n) is 2.45. The highest BCUT2D eigenvalue weighted by Gasteiger charge is 2.15. The maximum atomic E-state index is 11.2. The zero-order chi connectivity index (χ0) is 11.1. The van der Waals surface area contributed by atoms with Gasteiger partial charge in [0.25, 0.3) is 0 Å². The number of rotatable bonds is 3. The molecule has 0 heterocycles. The molecule has 0 radical (unpaired) electrons. The molecule has 0 spiro atoms. The lowest BCUT2D eigenvalue weighted by Crippen LogP contribution is -2.15. The summed E-state index contributed by atoms with van der Waals surface area (Å²) >= 11 is 0. The van der Waals surface area contributed by atoms with Crippen LogP contribution in [0.15, 0.2) is 12.2 Å². The third kappa shape index (κ3) is 5.20. The molecule has 84 valence electrons. The number of carbonyl (C=O) groups is 2. The van der Waals surface area contributed by atoms with Gasteiger partial charge in [-0.05, 0) is 25.7 Å². The number of carboxylic acids is 1. The molecule has 1 fully saturated rings. The Morgan fingerprint density at radius 1 is 1.07 bits per heavy atom. The van der Waals surface area contributed by atoms with Crippen molar-refractivity contribution in [2.75, 3.05) is 0 Å². The predicted octanol–water partition coefficient (Wildman–Crippen LogP) is 1.89. The summed E-state index contributed by atoms with van der Waals surface area (Å²) in [6, 6.07) is 0. The lowest BCUT2D eigenvalue weighted by atomic mass is 10.1. The Kier molecular flexibility index (Phi) is 4.87. The first-order valence-corrected chi connectivity index (χ1v) is 5.30. The number of ether oxygens (including phenoxy) is 1. The van der Waals surface area contributed by atoms with Crippen LogP contribution in [0.3, 0.4) is 0 Å². The van der Waals surface area contributed by atoms with Gasteiger partial charge in [-0.2, -0.15) is 0 Å². The van der Waals surface area contributed by atoms with Crippen LogP contribution in [0.4, 0.5) is 0 Å². The van der Waals surface area contributed by atoms with Gasteiger partial charge >= 0.3 is 11.9 Å². The predicted molar refractivity (Wildman–Crippen MR) is 54.4 cm³/mol. The second-order valence-corrected chi connectivity index (χ2v) is 3.72. The fraction of sp³-hybridized carbons (Fsp3) is 0.636. The van der Waals surface area contributed by atoms with Crippen molar-refractivity contribution >= 4 is 11.9 Å². The van der Waals surface area contributed by atoms with E-state index in [0.717, 1.165) is 37.8 Å². The summed E-state index contributed by atoms with van der Waals surface area (Å²) in [4.78, 5) is 21.3. The van der Waals surface area contributed by atoms with E-state index in [1.54, 1.807) is 0 Å². The van der Waals surface area contributed by atoms with Gasteiger partial charge in [-0.25, -0.2) is 9.59 Å². The maximum Gasteiger partial charge on any atom is 0.331 e. The molecule has 0 atom stereocenters. The first-order chi connectivity index (χ1) is 7.18. The molecule has 4 heteroatoms. The highest BCUT2D eigenvalue weighted by Crippen LogP contribution is 2.19. The summed E-state index contributed by atoms with van der Waals surface area (Å²) in [5.41, 5.74) is 0. The molecule has 1 N–H and O–H groups in total. The quantitative estimate of drug-likeness (QED) is 0.441. The average Bonchev–Trinajstić information content (AvgIpc) is 2.43. The second kappa shape index (κ2) is 6.22. The molecule has 15 heavy (non-hydrogen) atoms. The summed E-state index contributed by atoms with van der Waals surface area (Å²) < 4.78 is 5.13. The molecule has 0 amide bonds. The zero-order valence-electron chi connectivity index (χ0n) is 8.65. The molecule has 0 unspecified atom stereocenters. The van der Waals surface area contributed by atoms with Crippen LogP contribution in [-0.2, 0) is 14.3 Å². The highest BCUT2D eigenvalue weighted by atomic mass is 16.5. The first-order valence-electron chi connectivity index (χ1n) is 5.30. The van der Waals surface area contributed by atoms with Gasteiger partial charge in [0.1, 0.15) is 6.10 Å². The molecular formula is C11H16O4. The molecule has 4 nitrogen and oxygen atoms in total. The van der Waals surface area contributed by atoms with Crippen LogP contribution in [-0.4, -0.2) is 23.1 Å². The van der Waals surface area contributed by atoms with Gasteiger partial charge < -0.3 is 9.84 Å². The average molecular weight is 212 g/mol. The Balaban J connectivity index is 2.32. The summed E-state index contributed by atoms with van der Waals surface area (Å²) in [5, 5.41) is 8.32. The Labute approximate surface area is 88.9 Å². The van der Waals surface area contributed by atoms with E-state index in [0.29, 0.717) is 0 Å². The van der Waals surface area contributed by atoms with Crippen molar-refractivity contribution in [1.29, 1.82) is 0 Å². The molecular weight excluding hydrogens is 196 g/mol. The molecule has 0 aromatic rings. The molecule has 0 bridgehead atoms. The number of hydrogen-bond acceptors (Lipinski definition) is 3. The molecule has 0 aliphatic heterocycles. The minimum Gasteiger partial charge on any atom is -0.478 e. The van der Waals surface area contributed by atoms with Gasteiger partial charge in [0, 0.05) is 12.2 Å². The van der Waals surface area contributed by atoms with Crippen molar-refractivity contribution in [3.05, 3.63) is 12.2 Å². The Bertz CT molecular complexity index is 249. The van der Waals surface area contributed by atoms with Crippen LogP contribution in [0, 0.1) is 0 Å². The van der Waals surface area contributed by atoms with Crippen LogP contribution in [0.1, 0.15) is 38.5 Å². The van der Waals surface area contributed by atoms with E-state index in [1.807, 2.05) is 0 Å². The van der Waals surface area contributed by atoms with Crippen LogP contribution in [0.2, 0.25) is 0 Å². The van der Waals surface area contributed by atoms with Gasteiger partial charge in [-0.15, -0.1) is 0 Å². The van der Waals surface area contributed by atoms with E-state index in [4.69, 9.17) is 9.84 Å². The minimum absolute atomic E-state index is 0.0292. The topological polar surface area (TPSA) is 63.6 Å². The lowest BCUT2D eigenvalue weighted by molar-refractivity contribution is -0.144. The summed E-state index contributed by atoms with van der Waals surface area (Å²) in [6.45, 7) is 0. The number of carboxylic acid groups (broad SMARTS) is 1. The number of carbonyl (C=O) groups excluding carboxylic acids is 1.